The van der Waals surface area contributed by atoms with E-state index >= 15 is 0 Å². The molecule has 1 aliphatic rings. The maximum absolute atomic E-state index is 12.8. The van der Waals surface area contributed by atoms with Gasteiger partial charge in [-0.25, -0.2) is 0 Å². The maximum Gasteiger partial charge on any atom is 0.161 e. The lowest BCUT2D eigenvalue weighted by Gasteiger charge is -2.36. The summed E-state index contributed by atoms with van der Waals surface area (Å²) in [5, 5.41) is 3.52. The highest BCUT2D eigenvalue weighted by molar-refractivity contribution is 5.97. The van der Waals surface area contributed by atoms with Gasteiger partial charge in [0.25, 0.3) is 0 Å². The van der Waals surface area contributed by atoms with Gasteiger partial charge in [-0.15, -0.1) is 0 Å². The topological polar surface area (TPSA) is 29.1 Å². The number of ketones is 1. The minimum Gasteiger partial charge on any atom is -0.388 e. The van der Waals surface area contributed by atoms with Crippen LogP contribution in [0.25, 0.3) is 0 Å². The van der Waals surface area contributed by atoms with Gasteiger partial charge in [0, 0.05) is 24.2 Å². The molecule has 0 amide bonds. The van der Waals surface area contributed by atoms with Crippen LogP contribution in [0.5, 0.6) is 0 Å². The smallest absolute Gasteiger partial charge is 0.161 e. The van der Waals surface area contributed by atoms with Crippen molar-refractivity contribution in [2.45, 2.75) is 98.8 Å². The Morgan fingerprint density at radius 1 is 1.09 bits per heavy atom. The molecule has 0 bridgehead atoms. The SMILES string of the molecule is CCCCCCCCCC(=O)C1=C(CC(C)C)NCCC1(C)C. The van der Waals surface area contributed by atoms with E-state index in [1.54, 1.807) is 0 Å². The molecule has 0 unspecified atom stereocenters. The quantitative estimate of drug-likeness (QED) is 0.472. The van der Waals surface area contributed by atoms with E-state index in [1.165, 1.54) is 44.2 Å². The van der Waals surface area contributed by atoms with Crippen LogP contribution in [0.3, 0.4) is 0 Å². The molecular formula is C21H39NO. The number of allylic oxidation sites excluding steroid dienone is 2. The molecule has 0 aromatic heterocycles. The number of carbonyl (C=O) groups excluding carboxylic acids is 1. The van der Waals surface area contributed by atoms with Crippen LogP contribution < -0.4 is 5.32 Å². The Balaban J connectivity index is 2.54. The summed E-state index contributed by atoms with van der Waals surface area (Å²) in [5.74, 6) is 0.985. The van der Waals surface area contributed by atoms with Crippen molar-refractivity contribution in [2.24, 2.45) is 11.3 Å². The van der Waals surface area contributed by atoms with E-state index in [0.29, 0.717) is 11.7 Å². The van der Waals surface area contributed by atoms with Crippen molar-refractivity contribution in [2.75, 3.05) is 6.54 Å². The first-order chi connectivity index (χ1) is 10.9. The molecule has 0 saturated heterocycles. The summed E-state index contributed by atoms with van der Waals surface area (Å²) >= 11 is 0. The van der Waals surface area contributed by atoms with Crippen molar-refractivity contribution < 1.29 is 4.79 Å². The third-order valence-corrected chi connectivity index (χ3v) is 4.97. The van der Waals surface area contributed by atoms with Gasteiger partial charge in [0.15, 0.2) is 5.78 Å². The number of Topliss-reactive ketones (excluding diaryl/α,β-unsaturated/α-hetero) is 1. The highest BCUT2D eigenvalue weighted by Crippen LogP contribution is 2.37. The molecule has 1 aliphatic heterocycles. The normalized spacial score (nSPS) is 17.5. The Bertz CT molecular complexity index is 393. The molecule has 0 spiro atoms. The van der Waals surface area contributed by atoms with Gasteiger partial charge in [0.1, 0.15) is 0 Å². The molecule has 0 aromatic carbocycles. The van der Waals surface area contributed by atoms with E-state index in [-0.39, 0.29) is 5.41 Å². The van der Waals surface area contributed by atoms with Gasteiger partial charge in [0.05, 0.1) is 0 Å². The minimum absolute atomic E-state index is 0.0354. The summed E-state index contributed by atoms with van der Waals surface area (Å²) in [6.45, 7) is 12.2. The summed E-state index contributed by atoms with van der Waals surface area (Å²) < 4.78 is 0. The Kier molecular flexibility index (Phi) is 8.94. The molecule has 1 heterocycles. The van der Waals surface area contributed by atoms with Gasteiger partial charge in [-0.3, -0.25) is 4.79 Å². The highest BCUT2D eigenvalue weighted by atomic mass is 16.1. The van der Waals surface area contributed by atoms with Crippen molar-refractivity contribution in [1.29, 1.82) is 0 Å². The van der Waals surface area contributed by atoms with Crippen molar-refractivity contribution >= 4 is 5.78 Å². The summed E-state index contributed by atoms with van der Waals surface area (Å²) in [6, 6.07) is 0. The van der Waals surface area contributed by atoms with E-state index in [1.807, 2.05) is 0 Å². The number of hydrogen-bond acceptors (Lipinski definition) is 2. The first-order valence-electron chi connectivity index (χ1n) is 9.89. The van der Waals surface area contributed by atoms with Crippen LogP contribution in [-0.4, -0.2) is 12.3 Å². The molecule has 1 N–H and O–H groups in total. The molecule has 2 heteroatoms. The second-order valence-corrected chi connectivity index (χ2v) is 8.31. The van der Waals surface area contributed by atoms with Gasteiger partial charge in [0.2, 0.25) is 0 Å². The average molecular weight is 322 g/mol. The Morgan fingerprint density at radius 3 is 2.30 bits per heavy atom. The number of rotatable bonds is 11. The lowest BCUT2D eigenvalue weighted by molar-refractivity contribution is -0.116. The summed E-state index contributed by atoms with van der Waals surface area (Å²) in [7, 11) is 0. The van der Waals surface area contributed by atoms with Crippen LogP contribution in [0.4, 0.5) is 0 Å². The standard InChI is InChI=1S/C21H39NO/c1-6-7-8-9-10-11-12-13-19(23)20-18(16-17(2)3)22-15-14-21(20,4)5/h17,22H,6-16H2,1-5H3. The Morgan fingerprint density at radius 2 is 1.70 bits per heavy atom. The third-order valence-electron chi connectivity index (χ3n) is 4.97. The largest absolute Gasteiger partial charge is 0.388 e. The minimum atomic E-state index is 0.0354. The van der Waals surface area contributed by atoms with Gasteiger partial charge in [-0.1, -0.05) is 73.1 Å². The molecule has 23 heavy (non-hydrogen) atoms. The van der Waals surface area contributed by atoms with E-state index < -0.39 is 0 Å². The van der Waals surface area contributed by atoms with Crippen molar-refractivity contribution in [1.82, 2.24) is 5.32 Å². The zero-order chi connectivity index (χ0) is 17.3. The van der Waals surface area contributed by atoms with Crippen molar-refractivity contribution in [3.8, 4) is 0 Å². The second kappa shape index (κ2) is 10.2. The number of hydrogen-bond donors (Lipinski definition) is 1. The summed E-state index contributed by atoms with van der Waals surface area (Å²) in [5.41, 5.74) is 2.36. The Labute approximate surface area is 144 Å². The fourth-order valence-electron chi connectivity index (χ4n) is 3.64. The molecular weight excluding hydrogens is 282 g/mol. The van der Waals surface area contributed by atoms with E-state index in [0.717, 1.165) is 37.8 Å². The van der Waals surface area contributed by atoms with Crippen molar-refractivity contribution in [3.05, 3.63) is 11.3 Å². The fraction of sp³-hybridized carbons (Fsp3) is 0.857. The molecule has 134 valence electrons. The molecule has 0 fully saturated rings. The second-order valence-electron chi connectivity index (χ2n) is 8.31. The monoisotopic (exact) mass is 321 g/mol. The van der Waals surface area contributed by atoms with Crippen molar-refractivity contribution in [3.63, 3.8) is 0 Å². The predicted octanol–water partition coefficient (Wildman–Crippen LogP) is 6.02. The average Bonchev–Trinajstić information content (AvgIpc) is 2.44. The van der Waals surface area contributed by atoms with E-state index in [2.05, 4.69) is 39.9 Å². The van der Waals surface area contributed by atoms with Crippen LogP contribution in [0.2, 0.25) is 0 Å². The first-order valence-corrected chi connectivity index (χ1v) is 9.89. The van der Waals surface area contributed by atoms with Gasteiger partial charge in [-0.05, 0) is 30.6 Å². The molecule has 0 aliphatic carbocycles. The van der Waals surface area contributed by atoms with Gasteiger partial charge < -0.3 is 5.32 Å². The van der Waals surface area contributed by atoms with Crippen LogP contribution in [-0.2, 0) is 4.79 Å². The zero-order valence-electron chi connectivity index (χ0n) is 16.3. The number of nitrogens with one attached hydrogen (secondary N) is 1. The fourth-order valence-corrected chi connectivity index (χ4v) is 3.64. The van der Waals surface area contributed by atoms with Crippen LogP contribution in [0.1, 0.15) is 98.8 Å². The first kappa shape index (κ1) is 20.3. The maximum atomic E-state index is 12.8. The lowest BCUT2D eigenvalue weighted by atomic mass is 9.74. The van der Waals surface area contributed by atoms with Gasteiger partial charge >= 0.3 is 0 Å². The van der Waals surface area contributed by atoms with E-state index in [9.17, 15) is 4.79 Å². The molecule has 0 saturated carbocycles. The third kappa shape index (κ3) is 7.10. The van der Waals surface area contributed by atoms with Crippen LogP contribution >= 0.6 is 0 Å². The van der Waals surface area contributed by atoms with Crippen LogP contribution in [0.15, 0.2) is 11.3 Å². The molecule has 2 nitrogen and oxygen atoms in total. The molecule has 0 radical (unpaired) electrons. The predicted molar refractivity (Wildman–Crippen MR) is 100 cm³/mol. The lowest BCUT2D eigenvalue weighted by Crippen LogP contribution is -2.36. The number of unbranched alkanes of at least 4 members (excludes halogenated alkanes) is 6. The molecule has 0 atom stereocenters. The Hall–Kier alpha value is -0.790. The van der Waals surface area contributed by atoms with Gasteiger partial charge in [-0.2, -0.15) is 0 Å². The molecule has 1 rings (SSSR count). The number of carbonyl (C=O) groups is 1. The zero-order valence-corrected chi connectivity index (χ0v) is 16.3. The molecule has 0 aromatic rings. The van der Waals surface area contributed by atoms with Crippen LogP contribution in [0, 0.1) is 11.3 Å². The summed E-state index contributed by atoms with van der Waals surface area (Å²) in [6.07, 6.45) is 11.7. The van der Waals surface area contributed by atoms with E-state index in [4.69, 9.17) is 0 Å². The highest BCUT2D eigenvalue weighted by Gasteiger charge is 2.33. The summed E-state index contributed by atoms with van der Waals surface area (Å²) in [4.78, 5) is 12.8.